The molecular formula is C11H19N3S2. The summed E-state index contributed by atoms with van der Waals surface area (Å²) in [5, 5.41) is 4.72. The molecule has 1 aliphatic carbocycles. The van der Waals surface area contributed by atoms with E-state index in [1.54, 1.807) is 11.8 Å². The molecule has 3 N–H and O–H groups in total. The topological polar surface area (TPSA) is 50.9 Å². The predicted molar refractivity (Wildman–Crippen MR) is 73.4 cm³/mol. The molecule has 1 aromatic heterocycles. The summed E-state index contributed by atoms with van der Waals surface area (Å²) in [6.45, 7) is 2.27. The van der Waals surface area contributed by atoms with Crippen LogP contribution in [0.15, 0.2) is 4.90 Å². The molecule has 1 fully saturated rings. The first-order valence-electron chi connectivity index (χ1n) is 5.78. The molecule has 0 aromatic carbocycles. The van der Waals surface area contributed by atoms with Gasteiger partial charge in [0.1, 0.15) is 5.00 Å². The predicted octanol–water partition coefficient (Wildman–Crippen LogP) is 3.44. The Morgan fingerprint density at radius 2 is 2.19 bits per heavy atom. The fraction of sp³-hybridized carbons (Fsp3) is 0.727. The molecule has 5 heteroatoms. The molecule has 1 saturated carbocycles. The average Bonchev–Trinajstić information content (AvgIpc) is 2.88. The first-order valence-corrected chi connectivity index (χ1v) is 7.78. The third-order valence-electron chi connectivity index (χ3n) is 3.34. The van der Waals surface area contributed by atoms with Crippen LogP contribution >= 0.6 is 23.3 Å². The second kappa shape index (κ2) is 5.27. The molecule has 1 aromatic rings. The zero-order chi connectivity index (χ0) is 11.5. The Balaban J connectivity index is 2.02. The highest BCUT2D eigenvalue weighted by Gasteiger charge is 2.23. The van der Waals surface area contributed by atoms with Gasteiger partial charge in [-0.1, -0.05) is 12.8 Å². The van der Waals surface area contributed by atoms with Crippen LogP contribution in [0.3, 0.4) is 0 Å². The van der Waals surface area contributed by atoms with Crippen molar-refractivity contribution in [3.05, 3.63) is 0 Å². The summed E-state index contributed by atoms with van der Waals surface area (Å²) in [5.41, 5.74) is 5.82. The maximum atomic E-state index is 5.82. The third kappa shape index (κ3) is 2.46. The molecule has 2 rings (SSSR count). The molecule has 1 unspecified atom stereocenters. The lowest BCUT2D eigenvalue weighted by atomic mass is 10.0. The molecule has 0 radical (unpaired) electrons. The number of hydrogen-bond acceptors (Lipinski definition) is 5. The smallest absolute Gasteiger partial charge is 0.153 e. The lowest BCUT2D eigenvalue weighted by molar-refractivity contribution is 0.482. The van der Waals surface area contributed by atoms with E-state index in [4.69, 9.17) is 5.73 Å². The van der Waals surface area contributed by atoms with Gasteiger partial charge >= 0.3 is 0 Å². The van der Waals surface area contributed by atoms with Gasteiger partial charge in [-0.05, 0) is 43.5 Å². The second-order valence-corrected chi connectivity index (χ2v) is 6.00. The SMILES string of the molecule is CSc1c(N)nsc1NC(C)C1CCCC1. The molecule has 0 spiro atoms. The Bertz CT molecular complexity index is 345. The van der Waals surface area contributed by atoms with Crippen molar-refractivity contribution in [1.29, 1.82) is 0 Å². The van der Waals surface area contributed by atoms with Crippen molar-refractivity contribution < 1.29 is 0 Å². The van der Waals surface area contributed by atoms with Gasteiger partial charge in [-0.15, -0.1) is 11.8 Å². The van der Waals surface area contributed by atoms with E-state index in [0.717, 1.165) is 15.8 Å². The Hall–Kier alpha value is -0.420. The summed E-state index contributed by atoms with van der Waals surface area (Å²) in [6, 6.07) is 0.535. The van der Waals surface area contributed by atoms with E-state index in [1.807, 2.05) is 6.26 Å². The van der Waals surface area contributed by atoms with Crippen molar-refractivity contribution in [2.75, 3.05) is 17.3 Å². The van der Waals surface area contributed by atoms with Crippen LogP contribution in [0.4, 0.5) is 10.8 Å². The lowest BCUT2D eigenvalue weighted by Gasteiger charge is -2.20. The minimum Gasteiger partial charge on any atom is -0.382 e. The van der Waals surface area contributed by atoms with Gasteiger partial charge in [0.05, 0.1) is 4.90 Å². The van der Waals surface area contributed by atoms with Gasteiger partial charge in [0.25, 0.3) is 0 Å². The lowest BCUT2D eigenvalue weighted by Crippen LogP contribution is -2.23. The minimum atomic E-state index is 0.535. The third-order valence-corrected chi connectivity index (χ3v) is 5.09. The van der Waals surface area contributed by atoms with E-state index in [-0.39, 0.29) is 0 Å². The fourth-order valence-electron chi connectivity index (χ4n) is 2.37. The van der Waals surface area contributed by atoms with E-state index in [0.29, 0.717) is 11.9 Å². The molecule has 0 bridgehead atoms. The molecule has 16 heavy (non-hydrogen) atoms. The van der Waals surface area contributed by atoms with Gasteiger partial charge in [0.15, 0.2) is 5.82 Å². The molecule has 3 nitrogen and oxygen atoms in total. The quantitative estimate of drug-likeness (QED) is 0.811. The fourth-order valence-corrected chi connectivity index (χ4v) is 3.99. The van der Waals surface area contributed by atoms with Crippen LogP contribution in [0.2, 0.25) is 0 Å². The highest BCUT2D eigenvalue weighted by atomic mass is 32.2. The minimum absolute atomic E-state index is 0.535. The summed E-state index contributed by atoms with van der Waals surface area (Å²) in [6.07, 6.45) is 7.54. The maximum Gasteiger partial charge on any atom is 0.153 e. The number of nitrogens with one attached hydrogen (secondary N) is 1. The zero-order valence-electron chi connectivity index (χ0n) is 9.82. The molecule has 0 aliphatic heterocycles. The number of aromatic nitrogens is 1. The number of rotatable bonds is 4. The van der Waals surface area contributed by atoms with E-state index in [9.17, 15) is 0 Å². The second-order valence-electron chi connectivity index (χ2n) is 4.41. The van der Waals surface area contributed by atoms with Crippen LogP contribution < -0.4 is 11.1 Å². The Kier molecular flexibility index (Phi) is 3.97. The number of nitrogens with zero attached hydrogens (tertiary/aromatic N) is 1. The van der Waals surface area contributed by atoms with Crippen molar-refractivity contribution in [3.8, 4) is 0 Å². The highest BCUT2D eigenvalue weighted by Crippen LogP contribution is 2.37. The van der Waals surface area contributed by atoms with E-state index in [2.05, 4.69) is 16.6 Å². The van der Waals surface area contributed by atoms with Gasteiger partial charge in [-0.25, -0.2) is 0 Å². The molecule has 0 saturated heterocycles. The summed E-state index contributed by atoms with van der Waals surface area (Å²) in [7, 11) is 0. The highest BCUT2D eigenvalue weighted by molar-refractivity contribution is 7.99. The zero-order valence-corrected chi connectivity index (χ0v) is 11.5. The molecule has 1 aliphatic rings. The average molecular weight is 257 g/mol. The van der Waals surface area contributed by atoms with Crippen molar-refractivity contribution in [3.63, 3.8) is 0 Å². The van der Waals surface area contributed by atoms with Gasteiger partial charge in [-0.3, -0.25) is 0 Å². The van der Waals surface area contributed by atoms with Crippen molar-refractivity contribution >= 4 is 34.1 Å². The summed E-state index contributed by atoms with van der Waals surface area (Å²) >= 11 is 3.15. The van der Waals surface area contributed by atoms with Crippen LogP contribution in [0.1, 0.15) is 32.6 Å². The van der Waals surface area contributed by atoms with Crippen molar-refractivity contribution in [1.82, 2.24) is 4.37 Å². The number of thioether (sulfide) groups is 1. The first-order chi connectivity index (χ1) is 7.72. The Labute approximate surface area is 105 Å². The maximum absolute atomic E-state index is 5.82. The van der Waals surface area contributed by atoms with E-state index in [1.165, 1.54) is 37.2 Å². The van der Waals surface area contributed by atoms with Crippen molar-refractivity contribution in [2.45, 2.75) is 43.5 Å². The van der Waals surface area contributed by atoms with Gasteiger partial charge < -0.3 is 11.1 Å². The van der Waals surface area contributed by atoms with Crippen LogP contribution in [-0.2, 0) is 0 Å². The van der Waals surface area contributed by atoms with Crippen LogP contribution in [0.5, 0.6) is 0 Å². The molecular weight excluding hydrogens is 238 g/mol. The number of nitrogen functional groups attached to an aromatic ring is 1. The summed E-state index contributed by atoms with van der Waals surface area (Å²) in [5.74, 6) is 1.48. The van der Waals surface area contributed by atoms with Gasteiger partial charge in [0.2, 0.25) is 0 Å². The summed E-state index contributed by atoms with van der Waals surface area (Å²) < 4.78 is 4.20. The molecule has 1 atom stereocenters. The first kappa shape index (κ1) is 12.0. The Morgan fingerprint density at radius 1 is 1.50 bits per heavy atom. The molecule has 0 amide bonds. The monoisotopic (exact) mass is 257 g/mol. The normalized spacial score (nSPS) is 18.9. The van der Waals surface area contributed by atoms with E-state index >= 15 is 0 Å². The Morgan fingerprint density at radius 3 is 2.81 bits per heavy atom. The largest absolute Gasteiger partial charge is 0.382 e. The van der Waals surface area contributed by atoms with Crippen LogP contribution in [-0.4, -0.2) is 16.7 Å². The van der Waals surface area contributed by atoms with Crippen molar-refractivity contribution in [2.24, 2.45) is 5.92 Å². The number of nitrogens with two attached hydrogens (primary N) is 1. The summed E-state index contributed by atoms with van der Waals surface area (Å²) in [4.78, 5) is 1.11. The van der Waals surface area contributed by atoms with Gasteiger partial charge in [-0.2, -0.15) is 4.37 Å². The molecule has 1 heterocycles. The van der Waals surface area contributed by atoms with Crippen LogP contribution in [0, 0.1) is 5.92 Å². The number of anilines is 2. The van der Waals surface area contributed by atoms with Crippen LogP contribution in [0.25, 0.3) is 0 Å². The van der Waals surface area contributed by atoms with Gasteiger partial charge in [0, 0.05) is 6.04 Å². The molecule has 90 valence electrons. The standard InChI is InChI=1S/C11H19N3S2/c1-7(8-5-3-4-6-8)13-11-9(15-2)10(12)14-16-11/h7-8,13H,3-6H2,1-2H3,(H2,12,14). The number of hydrogen-bond donors (Lipinski definition) is 2. The van der Waals surface area contributed by atoms with E-state index < -0.39 is 0 Å².